The van der Waals surface area contributed by atoms with Gasteiger partial charge in [0, 0.05) is 0 Å². The molecular weight excluding hydrogens is 166 g/mol. The fourth-order valence-corrected chi connectivity index (χ4v) is 1.60. The smallest absolute Gasteiger partial charge is 0.328 e. The molecule has 0 spiro atoms. The summed E-state index contributed by atoms with van der Waals surface area (Å²) in [6.07, 6.45) is 2.77. The molecule has 1 saturated heterocycles. The number of amides is 1. The molecule has 0 atom stereocenters. The predicted octanol–water partition coefficient (Wildman–Crippen LogP) is 1.25. The van der Waals surface area contributed by atoms with Crippen LogP contribution in [0.1, 0.15) is 19.3 Å². The Morgan fingerprint density at radius 3 is 2.36 bits per heavy atom. The van der Waals surface area contributed by atoms with E-state index in [0.29, 0.717) is 13.1 Å². The molecule has 1 amide bonds. The van der Waals surface area contributed by atoms with Gasteiger partial charge in [0.1, 0.15) is 5.88 Å². The van der Waals surface area contributed by atoms with Crippen LogP contribution in [0.25, 0.3) is 0 Å². The Morgan fingerprint density at radius 2 is 1.91 bits per heavy atom. The fraction of sp³-hybridized carbons (Fsp3) is 0.857. The highest BCUT2D eigenvalue weighted by Gasteiger charge is 2.28. The van der Waals surface area contributed by atoms with Gasteiger partial charge in [-0.3, -0.25) is 4.65 Å². The topological polar surface area (TPSA) is 40.1 Å². The molecular formula is C7H12ClNO2. The molecule has 0 aromatic heterocycles. The van der Waals surface area contributed by atoms with Crippen molar-refractivity contribution in [1.29, 1.82) is 0 Å². The molecule has 4 heteroatoms. The summed E-state index contributed by atoms with van der Waals surface area (Å²) >= 11 is 5.31. The zero-order valence-electron chi connectivity index (χ0n) is 6.38. The van der Waals surface area contributed by atoms with Gasteiger partial charge in [-0.05, 0) is 19.3 Å². The number of quaternary nitrogens is 1. The molecule has 0 aromatic carbocycles. The van der Waals surface area contributed by atoms with Crippen molar-refractivity contribution in [3.8, 4) is 0 Å². The molecule has 0 bridgehead atoms. The minimum Gasteiger partial charge on any atom is -0.625 e. The first kappa shape index (κ1) is 8.97. The first-order valence-electron chi connectivity index (χ1n) is 3.86. The number of hydrogen-bond acceptors (Lipinski definition) is 2. The maximum atomic E-state index is 11.6. The Hall–Kier alpha value is -0.120. The molecule has 1 fully saturated rings. The predicted molar refractivity (Wildman–Crippen MR) is 42.9 cm³/mol. The number of halogens is 1. The van der Waals surface area contributed by atoms with Crippen molar-refractivity contribution in [2.24, 2.45) is 0 Å². The number of carbonyl (C=O) groups is 1. The summed E-state index contributed by atoms with van der Waals surface area (Å²) in [5, 5.41) is 11.6. The quantitative estimate of drug-likeness (QED) is 0.344. The molecule has 0 radical (unpaired) electrons. The second kappa shape index (κ2) is 3.52. The van der Waals surface area contributed by atoms with Gasteiger partial charge >= 0.3 is 5.91 Å². The van der Waals surface area contributed by atoms with E-state index in [4.69, 9.17) is 11.6 Å². The van der Waals surface area contributed by atoms with Crippen LogP contribution in [0.5, 0.6) is 0 Å². The number of alkyl halides is 1. The van der Waals surface area contributed by atoms with Gasteiger partial charge in [-0.2, -0.15) is 0 Å². The Kier molecular flexibility index (Phi) is 2.87. The van der Waals surface area contributed by atoms with Gasteiger partial charge in [-0.25, -0.2) is 4.79 Å². The van der Waals surface area contributed by atoms with E-state index in [-0.39, 0.29) is 11.8 Å². The molecule has 0 aromatic rings. The summed E-state index contributed by atoms with van der Waals surface area (Å²) in [5.41, 5.74) is 0. The van der Waals surface area contributed by atoms with Crippen LogP contribution in [-0.2, 0) is 4.79 Å². The summed E-state index contributed by atoms with van der Waals surface area (Å²) in [6, 6.07) is 0. The minimum absolute atomic E-state index is 0.149. The van der Waals surface area contributed by atoms with E-state index in [9.17, 15) is 10.0 Å². The third-order valence-electron chi connectivity index (χ3n) is 2.11. The number of hydroxylamine groups is 3. The van der Waals surface area contributed by atoms with Crippen molar-refractivity contribution in [2.45, 2.75) is 19.3 Å². The van der Waals surface area contributed by atoms with E-state index in [1.165, 1.54) is 0 Å². The highest BCUT2D eigenvalue weighted by Crippen LogP contribution is 2.17. The van der Waals surface area contributed by atoms with Crippen LogP contribution in [0.2, 0.25) is 0 Å². The maximum absolute atomic E-state index is 11.6. The summed E-state index contributed by atoms with van der Waals surface area (Å²) < 4.78 is -0.691. The number of nitrogens with zero attached hydrogens (tertiary/aromatic N) is 1. The van der Waals surface area contributed by atoms with Gasteiger partial charge in [0.25, 0.3) is 0 Å². The third-order valence-corrected chi connectivity index (χ3v) is 2.34. The molecule has 3 nitrogen and oxygen atoms in total. The molecule has 0 unspecified atom stereocenters. The molecule has 0 aliphatic carbocycles. The van der Waals surface area contributed by atoms with Crippen molar-refractivity contribution in [1.82, 2.24) is 0 Å². The van der Waals surface area contributed by atoms with E-state index in [2.05, 4.69) is 0 Å². The van der Waals surface area contributed by atoms with Gasteiger partial charge in [0.15, 0.2) is 0 Å². The van der Waals surface area contributed by atoms with Crippen LogP contribution in [0.15, 0.2) is 0 Å². The van der Waals surface area contributed by atoms with E-state index < -0.39 is 4.65 Å². The molecule has 64 valence electrons. The third kappa shape index (κ3) is 1.92. The summed E-state index contributed by atoms with van der Waals surface area (Å²) in [6.45, 7) is 0.844. The summed E-state index contributed by atoms with van der Waals surface area (Å²) in [4.78, 5) is 11.0. The molecule has 1 heterocycles. The largest absolute Gasteiger partial charge is 0.625 e. The highest BCUT2D eigenvalue weighted by atomic mass is 35.5. The Labute approximate surface area is 71.1 Å². The van der Waals surface area contributed by atoms with Crippen LogP contribution in [-0.4, -0.2) is 29.5 Å². The fourth-order valence-electron chi connectivity index (χ4n) is 1.38. The lowest BCUT2D eigenvalue weighted by Gasteiger charge is -2.42. The highest BCUT2D eigenvalue weighted by molar-refractivity contribution is 6.26. The van der Waals surface area contributed by atoms with Gasteiger partial charge in [-0.1, -0.05) is 0 Å². The second-order valence-electron chi connectivity index (χ2n) is 2.92. The van der Waals surface area contributed by atoms with Crippen LogP contribution in [0, 0.1) is 5.21 Å². The number of hydrogen-bond donors (Lipinski definition) is 0. The minimum atomic E-state index is -0.691. The van der Waals surface area contributed by atoms with Gasteiger partial charge in [-0.15, -0.1) is 11.6 Å². The monoisotopic (exact) mass is 177 g/mol. The summed E-state index contributed by atoms with van der Waals surface area (Å²) in [5.74, 6) is -0.532. The van der Waals surface area contributed by atoms with Crippen molar-refractivity contribution in [3.63, 3.8) is 0 Å². The normalized spacial score (nSPS) is 23.1. The molecule has 1 rings (SSSR count). The lowest BCUT2D eigenvalue weighted by molar-refractivity contribution is -0.808. The van der Waals surface area contributed by atoms with E-state index in [0.717, 1.165) is 19.3 Å². The Morgan fingerprint density at radius 1 is 1.36 bits per heavy atom. The van der Waals surface area contributed by atoms with E-state index >= 15 is 0 Å². The van der Waals surface area contributed by atoms with Crippen LogP contribution in [0.3, 0.4) is 0 Å². The van der Waals surface area contributed by atoms with Crippen molar-refractivity contribution >= 4 is 17.5 Å². The average Bonchev–Trinajstić information content (AvgIpc) is 2.04. The number of piperidine rings is 1. The maximum Gasteiger partial charge on any atom is 0.328 e. The van der Waals surface area contributed by atoms with E-state index in [1.807, 2.05) is 0 Å². The number of likely N-dealkylation sites (tertiary alicyclic amines) is 1. The van der Waals surface area contributed by atoms with Gasteiger partial charge in [0.2, 0.25) is 0 Å². The van der Waals surface area contributed by atoms with Crippen molar-refractivity contribution in [2.75, 3.05) is 19.0 Å². The SMILES string of the molecule is O=C(CCl)[N+]1([O-])CCCCC1. The zero-order chi connectivity index (χ0) is 8.32. The summed E-state index contributed by atoms with van der Waals surface area (Å²) in [7, 11) is 0. The van der Waals surface area contributed by atoms with Crippen LogP contribution >= 0.6 is 11.6 Å². The first-order valence-corrected chi connectivity index (χ1v) is 4.40. The Bertz CT molecular complexity index is 155. The van der Waals surface area contributed by atoms with Crippen LogP contribution in [0.4, 0.5) is 0 Å². The Balaban J connectivity index is 2.56. The lowest BCUT2D eigenvalue weighted by Crippen LogP contribution is -2.51. The van der Waals surface area contributed by atoms with Crippen molar-refractivity contribution in [3.05, 3.63) is 5.21 Å². The van der Waals surface area contributed by atoms with Gasteiger partial charge in [0.05, 0.1) is 13.1 Å². The number of rotatable bonds is 1. The zero-order valence-corrected chi connectivity index (χ0v) is 7.14. The molecule has 0 saturated carbocycles. The lowest BCUT2D eigenvalue weighted by atomic mass is 10.1. The van der Waals surface area contributed by atoms with E-state index in [1.54, 1.807) is 0 Å². The first-order chi connectivity index (χ1) is 5.19. The van der Waals surface area contributed by atoms with Crippen molar-refractivity contribution < 1.29 is 9.44 Å². The van der Waals surface area contributed by atoms with Crippen LogP contribution < -0.4 is 0 Å². The molecule has 1 aliphatic heterocycles. The molecule has 0 N–H and O–H groups in total. The second-order valence-corrected chi connectivity index (χ2v) is 3.19. The standard InChI is InChI=1S/C7H12ClNO2/c8-6-7(10)9(11)4-2-1-3-5-9/h1-6H2. The molecule has 1 aliphatic rings. The number of carbonyl (C=O) groups excluding carboxylic acids is 1. The average molecular weight is 178 g/mol. The molecule has 11 heavy (non-hydrogen) atoms. The van der Waals surface area contributed by atoms with Gasteiger partial charge < -0.3 is 5.21 Å².